The molecule has 0 aromatic heterocycles. The van der Waals surface area contributed by atoms with Crippen LogP contribution >= 0.6 is 0 Å². The Morgan fingerprint density at radius 3 is 3.10 bits per heavy atom. The molecule has 4 fully saturated rings. The van der Waals surface area contributed by atoms with Gasteiger partial charge in [-0.3, -0.25) is 9.59 Å². The standard InChI is InChI=1S/C15H17NO4/c1-14-4-2-3-7-8-5-9(17)16-6-15(8)12(20-15)11(10(7)14)19-13(14)18/h5,7,10-12H,2-4,6H2,1H3,(H,16,17). The summed E-state index contributed by atoms with van der Waals surface area (Å²) in [5, 5.41) is 2.86. The number of hydrogen-bond donors (Lipinski definition) is 1. The van der Waals surface area contributed by atoms with Crippen LogP contribution in [0.5, 0.6) is 0 Å². The first kappa shape index (κ1) is 11.3. The third kappa shape index (κ3) is 1.04. The number of carbonyl (C=O) groups is 2. The number of amides is 1. The summed E-state index contributed by atoms with van der Waals surface area (Å²) in [6, 6.07) is 0. The number of carbonyl (C=O) groups excluding carboxylic acids is 2. The fourth-order valence-electron chi connectivity index (χ4n) is 5.19. The Morgan fingerprint density at radius 1 is 1.40 bits per heavy atom. The molecule has 106 valence electrons. The summed E-state index contributed by atoms with van der Waals surface area (Å²) >= 11 is 0. The SMILES string of the molecule is CC12CCCC3C4=CC(=O)NCC45OC5C(OC1=O)C32. The van der Waals surface area contributed by atoms with E-state index in [1.165, 1.54) is 0 Å². The molecule has 6 unspecified atom stereocenters. The van der Waals surface area contributed by atoms with Crippen molar-refractivity contribution >= 4 is 11.9 Å². The molecule has 3 aliphatic heterocycles. The van der Waals surface area contributed by atoms with Gasteiger partial charge in [0.1, 0.15) is 17.8 Å². The van der Waals surface area contributed by atoms with E-state index in [0.29, 0.717) is 6.54 Å². The lowest BCUT2D eigenvalue weighted by molar-refractivity contribution is -0.149. The maximum absolute atomic E-state index is 12.3. The Labute approximate surface area is 116 Å². The lowest BCUT2D eigenvalue weighted by Crippen LogP contribution is -2.54. The third-order valence-electron chi connectivity index (χ3n) is 6.18. The Hall–Kier alpha value is -1.36. The Bertz CT molecular complexity index is 584. The molecule has 5 nitrogen and oxygen atoms in total. The second kappa shape index (κ2) is 3.11. The molecular weight excluding hydrogens is 258 g/mol. The predicted octanol–water partition coefficient (Wildman–Crippen LogP) is 0.542. The largest absolute Gasteiger partial charge is 0.459 e. The van der Waals surface area contributed by atoms with E-state index in [4.69, 9.17) is 9.47 Å². The van der Waals surface area contributed by atoms with Crippen molar-refractivity contribution in [3.8, 4) is 0 Å². The zero-order valence-corrected chi connectivity index (χ0v) is 11.3. The van der Waals surface area contributed by atoms with Gasteiger partial charge < -0.3 is 14.8 Å². The highest BCUT2D eigenvalue weighted by atomic mass is 16.7. The minimum Gasteiger partial charge on any atom is -0.459 e. The van der Waals surface area contributed by atoms with Crippen molar-refractivity contribution in [1.29, 1.82) is 0 Å². The number of hydrogen-bond acceptors (Lipinski definition) is 4. The van der Waals surface area contributed by atoms with Crippen LogP contribution in [0, 0.1) is 17.3 Å². The summed E-state index contributed by atoms with van der Waals surface area (Å²) in [4.78, 5) is 24.1. The number of fused-ring (bicyclic) bond motifs is 2. The molecule has 0 bridgehead atoms. The number of ether oxygens (including phenoxy) is 2. The average molecular weight is 275 g/mol. The maximum Gasteiger partial charge on any atom is 0.312 e. The summed E-state index contributed by atoms with van der Waals surface area (Å²) in [5.74, 6) is 0.341. The summed E-state index contributed by atoms with van der Waals surface area (Å²) in [6.45, 7) is 2.56. The van der Waals surface area contributed by atoms with Gasteiger partial charge in [-0.15, -0.1) is 0 Å². The topological polar surface area (TPSA) is 67.9 Å². The molecule has 5 rings (SSSR count). The molecule has 1 N–H and O–H groups in total. The van der Waals surface area contributed by atoms with Crippen molar-refractivity contribution in [3.63, 3.8) is 0 Å². The summed E-state index contributed by atoms with van der Waals surface area (Å²) in [5.41, 5.74) is 0.361. The molecule has 0 radical (unpaired) electrons. The van der Waals surface area contributed by atoms with E-state index in [9.17, 15) is 9.59 Å². The fourth-order valence-corrected chi connectivity index (χ4v) is 5.19. The van der Waals surface area contributed by atoms with Gasteiger partial charge in [0.25, 0.3) is 0 Å². The molecule has 3 heterocycles. The Morgan fingerprint density at radius 2 is 2.25 bits per heavy atom. The van der Waals surface area contributed by atoms with Crippen LogP contribution in [-0.2, 0) is 19.1 Å². The summed E-state index contributed by atoms with van der Waals surface area (Å²) < 4.78 is 11.7. The Balaban J connectivity index is 1.68. The van der Waals surface area contributed by atoms with E-state index >= 15 is 0 Å². The molecule has 20 heavy (non-hydrogen) atoms. The van der Waals surface area contributed by atoms with Crippen molar-refractivity contribution in [2.75, 3.05) is 6.54 Å². The van der Waals surface area contributed by atoms with Gasteiger partial charge in [0.15, 0.2) is 0 Å². The normalized spacial score (nSPS) is 55.0. The van der Waals surface area contributed by atoms with Crippen molar-refractivity contribution < 1.29 is 19.1 Å². The summed E-state index contributed by atoms with van der Waals surface area (Å²) in [6.07, 6.45) is 4.48. The van der Waals surface area contributed by atoms with Crippen molar-refractivity contribution in [1.82, 2.24) is 5.32 Å². The highest BCUT2D eigenvalue weighted by Gasteiger charge is 2.76. The molecule has 2 saturated carbocycles. The fraction of sp³-hybridized carbons (Fsp3) is 0.733. The van der Waals surface area contributed by atoms with Crippen LogP contribution in [0.15, 0.2) is 11.6 Å². The number of epoxide rings is 1. The van der Waals surface area contributed by atoms with Gasteiger partial charge in [-0.05, 0) is 31.3 Å². The Kier molecular flexibility index (Phi) is 1.76. The van der Waals surface area contributed by atoms with Crippen LogP contribution < -0.4 is 5.32 Å². The molecule has 2 saturated heterocycles. The second-order valence-corrected chi connectivity index (χ2v) is 7.06. The maximum atomic E-state index is 12.3. The van der Waals surface area contributed by atoms with Gasteiger partial charge in [-0.2, -0.15) is 0 Å². The smallest absolute Gasteiger partial charge is 0.312 e. The molecule has 1 spiro atoms. The molecule has 5 aliphatic rings. The zero-order valence-electron chi connectivity index (χ0n) is 11.3. The monoisotopic (exact) mass is 275 g/mol. The number of esters is 1. The molecule has 1 amide bonds. The zero-order chi connectivity index (χ0) is 13.7. The first-order chi connectivity index (χ1) is 9.56. The van der Waals surface area contributed by atoms with Crippen LogP contribution in [0.4, 0.5) is 0 Å². The third-order valence-corrected chi connectivity index (χ3v) is 6.18. The van der Waals surface area contributed by atoms with Crippen LogP contribution in [0.3, 0.4) is 0 Å². The minimum atomic E-state index is -0.388. The molecule has 6 atom stereocenters. The van der Waals surface area contributed by atoms with Gasteiger partial charge in [-0.1, -0.05) is 6.42 Å². The second-order valence-electron chi connectivity index (χ2n) is 7.06. The molecule has 0 aromatic rings. The van der Waals surface area contributed by atoms with Crippen molar-refractivity contribution in [2.24, 2.45) is 17.3 Å². The highest BCUT2D eigenvalue weighted by molar-refractivity contribution is 5.91. The number of nitrogens with one attached hydrogen (secondary N) is 1. The minimum absolute atomic E-state index is 0.0316. The summed E-state index contributed by atoms with van der Waals surface area (Å²) in [7, 11) is 0. The van der Waals surface area contributed by atoms with Crippen LogP contribution in [0.25, 0.3) is 0 Å². The lowest BCUT2D eigenvalue weighted by Gasteiger charge is -2.45. The van der Waals surface area contributed by atoms with E-state index in [2.05, 4.69) is 5.32 Å². The van der Waals surface area contributed by atoms with E-state index in [-0.39, 0.29) is 46.9 Å². The van der Waals surface area contributed by atoms with E-state index < -0.39 is 0 Å². The van der Waals surface area contributed by atoms with E-state index in [1.54, 1.807) is 6.08 Å². The van der Waals surface area contributed by atoms with Gasteiger partial charge in [0, 0.05) is 12.0 Å². The van der Waals surface area contributed by atoms with Crippen LogP contribution in [0.2, 0.25) is 0 Å². The van der Waals surface area contributed by atoms with Crippen molar-refractivity contribution in [2.45, 2.75) is 44.0 Å². The van der Waals surface area contributed by atoms with E-state index in [1.807, 2.05) is 6.92 Å². The van der Waals surface area contributed by atoms with Gasteiger partial charge in [0.05, 0.1) is 12.0 Å². The predicted molar refractivity (Wildman–Crippen MR) is 67.5 cm³/mol. The van der Waals surface area contributed by atoms with Crippen molar-refractivity contribution in [3.05, 3.63) is 11.6 Å². The van der Waals surface area contributed by atoms with Crippen LogP contribution in [0.1, 0.15) is 26.2 Å². The van der Waals surface area contributed by atoms with E-state index in [0.717, 1.165) is 24.8 Å². The molecule has 2 aliphatic carbocycles. The average Bonchev–Trinajstić information content (AvgIpc) is 3.08. The molecule has 5 heteroatoms. The van der Waals surface area contributed by atoms with Crippen LogP contribution in [-0.4, -0.2) is 36.2 Å². The molecule has 0 aromatic carbocycles. The van der Waals surface area contributed by atoms with Gasteiger partial charge >= 0.3 is 5.97 Å². The molecular formula is C15H17NO4. The number of rotatable bonds is 0. The first-order valence-corrected chi connectivity index (χ1v) is 7.45. The quantitative estimate of drug-likeness (QED) is 0.517. The first-order valence-electron chi connectivity index (χ1n) is 7.45. The lowest BCUT2D eigenvalue weighted by atomic mass is 9.55. The van der Waals surface area contributed by atoms with Gasteiger partial charge in [0.2, 0.25) is 5.91 Å². The highest BCUT2D eigenvalue weighted by Crippen LogP contribution is 2.66. The van der Waals surface area contributed by atoms with Gasteiger partial charge in [-0.25, -0.2) is 0 Å².